The second-order valence-electron chi connectivity index (χ2n) is 8.67. The molecule has 0 fully saturated rings. The number of anilines is 1. The quantitative estimate of drug-likeness (QED) is 0.612. The van der Waals surface area contributed by atoms with E-state index in [1.165, 1.54) is 5.56 Å². The first kappa shape index (κ1) is 22.1. The molecule has 30 heavy (non-hydrogen) atoms. The summed E-state index contributed by atoms with van der Waals surface area (Å²) in [6.45, 7) is 8.52. The van der Waals surface area contributed by atoms with Gasteiger partial charge in [0.15, 0.2) is 5.78 Å². The summed E-state index contributed by atoms with van der Waals surface area (Å²) in [6, 6.07) is 8.55. The second-order valence-corrected chi connectivity index (χ2v) is 8.67. The molecule has 5 nitrogen and oxygen atoms in total. The van der Waals surface area contributed by atoms with E-state index in [0.29, 0.717) is 30.3 Å². The largest absolute Gasteiger partial charge is 0.294 e. The third-order valence-corrected chi connectivity index (χ3v) is 5.99. The second kappa shape index (κ2) is 9.96. The maximum absolute atomic E-state index is 12.7. The maximum Gasteiger partial charge on any atom is 0.229 e. The number of hydrogen-bond acceptors (Lipinski definition) is 4. The first-order chi connectivity index (χ1) is 14.4. The standard InChI is InChI=1S/C25H33N3O2/c1-5-7-19(8-6-2)24(30)28-25-26-15-21-22(27-25)13-20(14-23(21)29)18-11-9-17(10-12-18)16(3)4/h9-12,15-16,19-20H,5-8,13-14H2,1-4H3,(H,26,27,28,30)/t20-/m1/s1. The van der Waals surface area contributed by atoms with Crippen LogP contribution < -0.4 is 5.32 Å². The molecule has 0 aliphatic heterocycles. The number of Topliss-reactive ketones (excluding diaryl/α,β-unsaturated/α-hetero) is 1. The number of aromatic nitrogens is 2. The Morgan fingerprint density at radius 3 is 2.37 bits per heavy atom. The van der Waals surface area contributed by atoms with E-state index in [1.807, 2.05) is 0 Å². The lowest BCUT2D eigenvalue weighted by molar-refractivity contribution is -0.120. The zero-order valence-electron chi connectivity index (χ0n) is 18.6. The molecule has 3 rings (SSSR count). The highest BCUT2D eigenvalue weighted by atomic mass is 16.2. The van der Waals surface area contributed by atoms with Crippen molar-refractivity contribution in [1.29, 1.82) is 0 Å². The molecule has 0 saturated heterocycles. The molecule has 1 heterocycles. The number of amides is 1. The lowest BCUT2D eigenvalue weighted by atomic mass is 9.81. The predicted molar refractivity (Wildman–Crippen MR) is 120 cm³/mol. The normalized spacial score (nSPS) is 16.1. The molecule has 2 aromatic rings. The van der Waals surface area contributed by atoms with Crippen molar-refractivity contribution in [3.63, 3.8) is 0 Å². The lowest BCUT2D eigenvalue weighted by Gasteiger charge is -2.24. The first-order valence-corrected chi connectivity index (χ1v) is 11.2. The van der Waals surface area contributed by atoms with Gasteiger partial charge in [0.25, 0.3) is 0 Å². The fraction of sp³-hybridized carbons (Fsp3) is 0.520. The van der Waals surface area contributed by atoms with Crippen LogP contribution in [0.1, 0.15) is 98.8 Å². The highest BCUT2D eigenvalue weighted by Gasteiger charge is 2.28. The number of nitrogens with zero attached hydrogens (tertiary/aromatic N) is 2. The third-order valence-electron chi connectivity index (χ3n) is 5.99. The summed E-state index contributed by atoms with van der Waals surface area (Å²) in [5.41, 5.74) is 3.77. The topological polar surface area (TPSA) is 72.0 Å². The Labute approximate surface area is 179 Å². The number of nitrogens with one attached hydrogen (secondary N) is 1. The minimum Gasteiger partial charge on any atom is -0.294 e. The van der Waals surface area contributed by atoms with Crippen LogP contribution in [0.15, 0.2) is 30.5 Å². The van der Waals surface area contributed by atoms with Gasteiger partial charge in [0.2, 0.25) is 11.9 Å². The van der Waals surface area contributed by atoms with E-state index < -0.39 is 0 Å². The Bertz CT molecular complexity index is 884. The summed E-state index contributed by atoms with van der Waals surface area (Å²) >= 11 is 0. The monoisotopic (exact) mass is 407 g/mol. The molecular weight excluding hydrogens is 374 g/mol. The predicted octanol–water partition coefficient (Wildman–Crippen LogP) is 5.67. The van der Waals surface area contributed by atoms with Gasteiger partial charge in [-0.25, -0.2) is 9.97 Å². The van der Waals surface area contributed by atoms with Gasteiger partial charge in [0.1, 0.15) is 0 Å². The van der Waals surface area contributed by atoms with Crippen LogP contribution in [-0.2, 0) is 11.2 Å². The number of rotatable bonds is 8. The SMILES string of the molecule is CCCC(CCC)C(=O)Nc1ncc2c(n1)C[C@@H](c1ccc(C(C)C)cc1)CC2=O. The molecule has 1 aromatic heterocycles. The molecule has 1 amide bonds. The maximum atomic E-state index is 12.7. The number of carbonyl (C=O) groups is 2. The first-order valence-electron chi connectivity index (χ1n) is 11.2. The Morgan fingerprint density at radius 2 is 1.77 bits per heavy atom. The Morgan fingerprint density at radius 1 is 1.10 bits per heavy atom. The van der Waals surface area contributed by atoms with Crippen LogP contribution in [0.3, 0.4) is 0 Å². The Kier molecular flexibility index (Phi) is 7.35. The molecule has 1 aromatic carbocycles. The lowest BCUT2D eigenvalue weighted by Crippen LogP contribution is -2.26. The molecule has 0 saturated carbocycles. The van der Waals surface area contributed by atoms with Crippen LogP contribution in [-0.4, -0.2) is 21.7 Å². The van der Waals surface area contributed by atoms with Gasteiger partial charge >= 0.3 is 0 Å². The number of carbonyl (C=O) groups excluding carboxylic acids is 2. The molecule has 0 radical (unpaired) electrons. The highest BCUT2D eigenvalue weighted by molar-refractivity contribution is 5.99. The van der Waals surface area contributed by atoms with Gasteiger partial charge in [-0.1, -0.05) is 64.8 Å². The molecule has 1 N–H and O–H groups in total. The average Bonchev–Trinajstić information content (AvgIpc) is 2.73. The van der Waals surface area contributed by atoms with E-state index in [0.717, 1.165) is 36.9 Å². The minimum atomic E-state index is -0.0263. The number of hydrogen-bond donors (Lipinski definition) is 1. The summed E-state index contributed by atoms with van der Waals surface area (Å²) in [4.78, 5) is 34.1. The van der Waals surface area contributed by atoms with Crippen LogP contribution in [0, 0.1) is 5.92 Å². The van der Waals surface area contributed by atoms with Crippen LogP contribution in [0.4, 0.5) is 5.95 Å². The molecule has 1 aliphatic carbocycles. The molecule has 0 bridgehead atoms. The van der Waals surface area contributed by atoms with Crippen molar-refractivity contribution in [2.45, 2.75) is 78.1 Å². The number of fused-ring (bicyclic) bond motifs is 1. The molecule has 1 atom stereocenters. The van der Waals surface area contributed by atoms with Crippen LogP contribution in [0.5, 0.6) is 0 Å². The summed E-state index contributed by atoms with van der Waals surface area (Å²) in [5, 5.41) is 2.88. The van der Waals surface area contributed by atoms with Gasteiger partial charge < -0.3 is 0 Å². The van der Waals surface area contributed by atoms with E-state index in [4.69, 9.17) is 0 Å². The van der Waals surface area contributed by atoms with Crippen molar-refractivity contribution < 1.29 is 9.59 Å². The summed E-state index contributed by atoms with van der Waals surface area (Å²) in [5.74, 6) is 0.921. The fourth-order valence-corrected chi connectivity index (χ4v) is 4.21. The van der Waals surface area contributed by atoms with Gasteiger partial charge in [-0.2, -0.15) is 0 Å². The van der Waals surface area contributed by atoms with Gasteiger partial charge in [-0.3, -0.25) is 14.9 Å². The van der Waals surface area contributed by atoms with E-state index in [9.17, 15) is 9.59 Å². The molecule has 0 unspecified atom stereocenters. The number of benzene rings is 1. The molecule has 1 aliphatic rings. The molecule has 0 spiro atoms. The van der Waals surface area contributed by atoms with E-state index in [2.05, 4.69) is 67.2 Å². The van der Waals surface area contributed by atoms with Crippen LogP contribution in [0.2, 0.25) is 0 Å². The van der Waals surface area contributed by atoms with E-state index in [1.54, 1.807) is 6.20 Å². The smallest absolute Gasteiger partial charge is 0.229 e. The van der Waals surface area contributed by atoms with Crippen LogP contribution >= 0.6 is 0 Å². The minimum absolute atomic E-state index is 0.0199. The zero-order valence-corrected chi connectivity index (χ0v) is 18.6. The summed E-state index contributed by atoms with van der Waals surface area (Å²) in [7, 11) is 0. The van der Waals surface area contributed by atoms with Gasteiger partial charge in [0, 0.05) is 18.5 Å². The van der Waals surface area contributed by atoms with Crippen molar-refractivity contribution in [2.24, 2.45) is 5.92 Å². The number of ketones is 1. The summed E-state index contributed by atoms with van der Waals surface area (Å²) < 4.78 is 0. The van der Waals surface area contributed by atoms with E-state index in [-0.39, 0.29) is 23.5 Å². The van der Waals surface area contributed by atoms with Crippen molar-refractivity contribution in [3.05, 3.63) is 52.8 Å². The molecule has 5 heteroatoms. The van der Waals surface area contributed by atoms with Crippen molar-refractivity contribution in [2.75, 3.05) is 5.32 Å². The van der Waals surface area contributed by atoms with Crippen molar-refractivity contribution >= 4 is 17.6 Å². The Balaban J connectivity index is 1.77. The van der Waals surface area contributed by atoms with Gasteiger partial charge in [-0.05, 0) is 42.2 Å². The highest BCUT2D eigenvalue weighted by Crippen LogP contribution is 2.32. The average molecular weight is 408 g/mol. The van der Waals surface area contributed by atoms with Crippen LogP contribution in [0.25, 0.3) is 0 Å². The van der Waals surface area contributed by atoms with E-state index >= 15 is 0 Å². The van der Waals surface area contributed by atoms with Crippen molar-refractivity contribution in [1.82, 2.24) is 9.97 Å². The Hall–Kier alpha value is -2.56. The third kappa shape index (κ3) is 5.13. The van der Waals surface area contributed by atoms with Gasteiger partial charge in [0.05, 0.1) is 11.3 Å². The fourth-order valence-electron chi connectivity index (χ4n) is 4.21. The molecule has 160 valence electrons. The van der Waals surface area contributed by atoms with Crippen molar-refractivity contribution in [3.8, 4) is 0 Å². The zero-order chi connectivity index (χ0) is 21.7. The van der Waals surface area contributed by atoms with Gasteiger partial charge in [-0.15, -0.1) is 0 Å². The molecular formula is C25H33N3O2. The summed E-state index contributed by atoms with van der Waals surface area (Å²) in [6.07, 6.45) is 6.38.